The number of aryl methyl sites for hydroxylation is 2. The summed E-state index contributed by atoms with van der Waals surface area (Å²) in [6.45, 7) is 3.92. The van der Waals surface area contributed by atoms with Gasteiger partial charge in [-0.05, 0) is 25.0 Å². The molecule has 0 atom stereocenters. The Bertz CT molecular complexity index is 506. The van der Waals surface area contributed by atoms with Gasteiger partial charge in [0.05, 0.1) is 5.69 Å². The summed E-state index contributed by atoms with van der Waals surface area (Å²) in [7, 11) is 0. The van der Waals surface area contributed by atoms with Gasteiger partial charge in [0.1, 0.15) is 6.61 Å². The van der Waals surface area contributed by atoms with E-state index in [1.807, 2.05) is 13.0 Å². The fourth-order valence-corrected chi connectivity index (χ4v) is 1.76. The lowest BCUT2D eigenvalue weighted by molar-refractivity contribution is 0.271. The van der Waals surface area contributed by atoms with Crippen molar-refractivity contribution in [2.24, 2.45) is 0 Å². The van der Waals surface area contributed by atoms with Gasteiger partial charge in [-0.2, -0.15) is 0 Å². The molecule has 1 aromatic carbocycles. The molecule has 1 heterocycles. The molecule has 0 bridgehead atoms. The van der Waals surface area contributed by atoms with Crippen LogP contribution in [0.3, 0.4) is 0 Å². The minimum Gasteiger partial charge on any atom is -0.388 e. The predicted molar refractivity (Wildman–Crippen MR) is 67.5 cm³/mol. The van der Waals surface area contributed by atoms with Crippen molar-refractivity contribution in [2.45, 2.75) is 26.9 Å². The lowest BCUT2D eigenvalue weighted by Crippen LogP contribution is -1.98. The summed E-state index contributed by atoms with van der Waals surface area (Å²) in [5, 5.41) is 9.09. The Hall–Kier alpha value is -1.74. The van der Waals surface area contributed by atoms with Gasteiger partial charge in [-0.1, -0.05) is 31.2 Å². The van der Waals surface area contributed by atoms with E-state index < -0.39 is 0 Å². The number of hydrogen-bond donors (Lipinski definition) is 1. The smallest absolute Gasteiger partial charge is 0.154 e. The maximum atomic E-state index is 9.09. The van der Waals surface area contributed by atoms with Crippen molar-refractivity contribution in [3.05, 3.63) is 47.4 Å². The number of aliphatic hydroxyl groups excluding tert-OH is 1. The molecule has 1 N–H and O–H groups in total. The Morgan fingerprint density at radius 2 is 1.82 bits per heavy atom. The summed E-state index contributed by atoms with van der Waals surface area (Å²) in [5.74, 6) is 0.472. The molecule has 0 aliphatic heterocycles. The highest BCUT2D eigenvalue weighted by Crippen LogP contribution is 2.18. The van der Waals surface area contributed by atoms with Crippen LogP contribution in [0, 0.1) is 6.92 Å². The SMILES string of the molecule is CCc1ccc(-c2cc(C)nc(CO)n2)cc1. The Kier molecular flexibility index (Phi) is 3.49. The first-order chi connectivity index (χ1) is 8.22. The van der Waals surface area contributed by atoms with Crippen LogP contribution in [0.25, 0.3) is 11.3 Å². The Balaban J connectivity index is 2.41. The minimum absolute atomic E-state index is 0.123. The standard InChI is InChI=1S/C14H16N2O/c1-3-11-4-6-12(7-5-11)13-8-10(2)15-14(9-17)16-13/h4-8,17H,3,9H2,1-2H3. The molecule has 0 aliphatic carbocycles. The van der Waals surface area contributed by atoms with Gasteiger partial charge in [0.2, 0.25) is 0 Å². The summed E-state index contributed by atoms with van der Waals surface area (Å²) >= 11 is 0. The van der Waals surface area contributed by atoms with Crippen molar-refractivity contribution in [1.82, 2.24) is 9.97 Å². The van der Waals surface area contributed by atoms with Crippen LogP contribution in [-0.2, 0) is 13.0 Å². The van der Waals surface area contributed by atoms with Crippen molar-refractivity contribution >= 4 is 0 Å². The summed E-state index contributed by atoms with van der Waals surface area (Å²) in [6.07, 6.45) is 1.03. The van der Waals surface area contributed by atoms with E-state index in [0.717, 1.165) is 23.4 Å². The number of rotatable bonds is 3. The van der Waals surface area contributed by atoms with E-state index in [1.54, 1.807) is 0 Å². The van der Waals surface area contributed by atoms with Crippen LogP contribution in [-0.4, -0.2) is 15.1 Å². The van der Waals surface area contributed by atoms with Crippen LogP contribution >= 0.6 is 0 Å². The van der Waals surface area contributed by atoms with Crippen molar-refractivity contribution < 1.29 is 5.11 Å². The lowest BCUT2D eigenvalue weighted by atomic mass is 10.1. The monoisotopic (exact) mass is 228 g/mol. The molecule has 88 valence electrons. The molecule has 17 heavy (non-hydrogen) atoms. The van der Waals surface area contributed by atoms with Crippen molar-refractivity contribution in [1.29, 1.82) is 0 Å². The lowest BCUT2D eigenvalue weighted by Gasteiger charge is -2.05. The molecule has 3 heteroatoms. The van der Waals surface area contributed by atoms with Crippen molar-refractivity contribution in [3.8, 4) is 11.3 Å². The molecule has 0 saturated carbocycles. The van der Waals surface area contributed by atoms with E-state index in [0.29, 0.717) is 5.82 Å². The quantitative estimate of drug-likeness (QED) is 0.878. The predicted octanol–water partition coefficient (Wildman–Crippen LogP) is 2.51. The number of nitrogens with zero attached hydrogens (tertiary/aromatic N) is 2. The van der Waals surface area contributed by atoms with E-state index >= 15 is 0 Å². The van der Waals surface area contributed by atoms with Gasteiger partial charge < -0.3 is 5.11 Å². The van der Waals surface area contributed by atoms with E-state index in [1.165, 1.54) is 5.56 Å². The molecule has 0 unspecified atom stereocenters. The van der Waals surface area contributed by atoms with Gasteiger partial charge in [0, 0.05) is 11.3 Å². The fraction of sp³-hybridized carbons (Fsp3) is 0.286. The largest absolute Gasteiger partial charge is 0.388 e. The average molecular weight is 228 g/mol. The fourth-order valence-electron chi connectivity index (χ4n) is 1.76. The van der Waals surface area contributed by atoms with Gasteiger partial charge in [-0.25, -0.2) is 9.97 Å². The summed E-state index contributed by atoms with van der Waals surface area (Å²) in [4.78, 5) is 8.47. The third-order valence-electron chi connectivity index (χ3n) is 2.70. The highest BCUT2D eigenvalue weighted by molar-refractivity contribution is 5.59. The van der Waals surface area contributed by atoms with Crippen LogP contribution in [0.2, 0.25) is 0 Å². The van der Waals surface area contributed by atoms with Gasteiger partial charge in [0.15, 0.2) is 5.82 Å². The molecular formula is C14H16N2O. The molecule has 0 amide bonds. The molecule has 2 rings (SSSR count). The summed E-state index contributed by atoms with van der Waals surface area (Å²) in [6, 6.07) is 10.3. The highest BCUT2D eigenvalue weighted by Gasteiger charge is 2.03. The molecule has 3 nitrogen and oxygen atoms in total. The number of hydrogen-bond acceptors (Lipinski definition) is 3. The molecule has 1 aromatic heterocycles. The van der Waals surface area contributed by atoms with Gasteiger partial charge in [-0.15, -0.1) is 0 Å². The number of benzene rings is 1. The molecule has 0 radical (unpaired) electrons. The van der Waals surface area contributed by atoms with Gasteiger partial charge in [0.25, 0.3) is 0 Å². The second-order valence-corrected chi connectivity index (χ2v) is 4.02. The Morgan fingerprint density at radius 3 is 2.41 bits per heavy atom. The molecule has 0 spiro atoms. The Labute approximate surface area is 101 Å². The minimum atomic E-state index is -0.123. The van der Waals surface area contributed by atoms with Crippen molar-refractivity contribution in [3.63, 3.8) is 0 Å². The molecular weight excluding hydrogens is 212 g/mol. The topological polar surface area (TPSA) is 46.0 Å². The first-order valence-corrected chi connectivity index (χ1v) is 5.77. The maximum absolute atomic E-state index is 9.09. The third kappa shape index (κ3) is 2.68. The van der Waals surface area contributed by atoms with Crippen LogP contribution in [0.1, 0.15) is 24.0 Å². The van der Waals surface area contributed by atoms with Crippen LogP contribution in [0.5, 0.6) is 0 Å². The zero-order chi connectivity index (χ0) is 12.3. The van der Waals surface area contributed by atoms with Crippen molar-refractivity contribution in [2.75, 3.05) is 0 Å². The van der Waals surface area contributed by atoms with Crippen LogP contribution in [0.4, 0.5) is 0 Å². The second kappa shape index (κ2) is 5.06. The zero-order valence-electron chi connectivity index (χ0n) is 10.1. The zero-order valence-corrected chi connectivity index (χ0v) is 10.1. The van der Waals surface area contributed by atoms with Gasteiger partial charge >= 0.3 is 0 Å². The normalized spacial score (nSPS) is 10.5. The highest BCUT2D eigenvalue weighted by atomic mass is 16.3. The van der Waals surface area contributed by atoms with Gasteiger partial charge in [-0.3, -0.25) is 0 Å². The third-order valence-corrected chi connectivity index (χ3v) is 2.70. The summed E-state index contributed by atoms with van der Waals surface area (Å²) in [5.41, 5.74) is 4.10. The number of aliphatic hydroxyl groups is 1. The van der Waals surface area contributed by atoms with E-state index in [2.05, 4.69) is 41.2 Å². The molecule has 0 aliphatic rings. The van der Waals surface area contributed by atoms with Crippen LogP contribution in [0.15, 0.2) is 30.3 Å². The van der Waals surface area contributed by atoms with Crippen LogP contribution < -0.4 is 0 Å². The van der Waals surface area contributed by atoms with E-state index in [-0.39, 0.29) is 6.61 Å². The first-order valence-electron chi connectivity index (χ1n) is 5.77. The summed E-state index contributed by atoms with van der Waals surface area (Å²) < 4.78 is 0. The Morgan fingerprint density at radius 1 is 1.12 bits per heavy atom. The molecule has 0 fully saturated rings. The number of aromatic nitrogens is 2. The first kappa shape index (κ1) is 11.7. The second-order valence-electron chi connectivity index (χ2n) is 4.02. The van der Waals surface area contributed by atoms with E-state index in [4.69, 9.17) is 5.11 Å². The maximum Gasteiger partial charge on any atom is 0.154 e. The van der Waals surface area contributed by atoms with E-state index in [9.17, 15) is 0 Å². The average Bonchev–Trinajstić information content (AvgIpc) is 2.38. The molecule has 2 aromatic rings. The molecule has 0 saturated heterocycles.